The first-order valence-electron chi connectivity index (χ1n) is 8.28. The van der Waals surface area contributed by atoms with Crippen LogP contribution in [0.15, 0.2) is 47.6 Å². The summed E-state index contributed by atoms with van der Waals surface area (Å²) in [7, 11) is 0. The van der Waals surface area contributed by atoms with Gasteiger partial charge >= 0.3 is 5.97 Å². The number of hydrogen-bond donors (Lipinski definition) is 1. The van der Waals surface area contributed by atoms with Crippen LogP contribution in [0.4, 0.5) is 0 Å². The fourth-order valence-corrected chi connectivity index (χ4v) is 2.46. The SMILES string of the molecule is C=C[C@@](C)(O)CC/C=C(/C)CC/C=C1/CC(=O)O[C@H]1C=C(C)C. The molecule has 3 heteroatoms. The van der Waals surface area contributed by atoms with E-state index in [0.717, 1.165) is 30.4 Å². The Labute approximate surface area is 140 Å². The van der Waals surface area contributed by atoms with Crippen molar-refractivity contribution < 1.29 is 14.6 Å². The first-order chi connectivity index (χ1) is 10.7. The average Bonchev–Trinajstić information content (AvgIpc) is 2.78. The molecule has 0 aliphatic carbocycles. The lowest BCUT2D eigenvalue weighted by molar-refractivity contribution is -0.139. The van der Waals surface area contributed by atoms with E-state index in [0.29, 0.717) is 12.8 Å². The van der Waals surface area contributed by atoms with Crippen LogP contribution in [-0.2, 0) is 9.53 Å². The maximum absolute atomic E-state index is 11.5. The van der Waals surface area contributed by atoms with Crippen molar-refractivity contribution in [3.8, 4) is 0 Å². The Kier molecular flexibility index (Phi) is 7.50. The average molecular weight is 318 g/mol. The van der Waals surface area contributed by atoms with Gasteiger partial charge in [-0.1, -0.05) is 29.4 Å². The summed E-state index contributed by atoms with van der Waals surface area (Å²) >= 11 is 0. The minimum absolute atomic E-state index is 0.141. The molecule has 1 N–H and O–H groups in total. The van der Waals surface area contributed by atoms with E-state index in [4.69, 9.17) is 4.74 Å². The third-order valence-corrected chi connectivity index (χ3v) is 3.99. The highest BCUT2D eigenvalue weighted by atomic mass is 16.5. The molecular formula is C20H30O3. The first kappa shape index (κ1) is 19.4. The molecule has 0 radical (unpaired) electrons. The topological polar surface area (TPSA) is 46.5 Å². The zero-order chi connectivity index (χ0) is 17.5. The summed E-state index contributed by atoms with van der Waals surface area (Å²) in [6.07, 6.45) is 11.5. The predicted molar refractivity (Wildman–Crippen MR) is 95.1 cm³/mol. The van der Waals surface area contributed by atoms with E-state index in [1.54, 1.807) is 13.0 Å². The molecule has 2 atom stereocenters. The molecule has 128 valence electrons. The molecule has 1 aliphatic rings. The van der Waals surface area contributed by atoms with Crippen LogP contribution in [0.5, 0.6) is 0 Å². The second-order valence-electron chi connectivity index (χ2n) is 6.80. The summed E-state index contributed by atoms with van der Waals surface area (Å²) in [5.74, 6) is -0.141. The predicted octanol–water partition coefficient (Wildman–Crippen LogP) is 4.64. The lowest BCUT2D eigenvalue weighted by atomic mass is 9.98. The molecule has 1 saturated heterocycles. The highest BCUT2D eigenvalue weighted by molar-refractivity contribution is 5.77. The van der Waals surface area contributed by atoms with Crippen molar-refractivity contribution >= 4 is 5.97 Å². The zero-order valence-electron chi connectivity index (χ0n) is 14.9. The monoisotopic (exact) mass is 318 g/mol. The van der Waals surface area contributed by atoms with Crippen LogP contribution in [0.25, 0.3) is 0 Å². The number of carbonyl (C=O) groups excluding carboxylic acids is 1. The van der Waals surface area contributed by atoms with Gasteiger partial charge in [-0.3, -0.25) is 4.79 Å². The maximum atomic E-state index is 11.5. The smallest absolute Gasteiger partial charge is 0.310 e. The summed E-state index contributed by atoms with van der Waals surface area (Å²) in [6, 6.07) is 0. The van der Waals surface area contributed by atoms with Crippen molar-refractivity contribution in [1.29, 1.82) is 0 Å². The van der Waals surface area contributed by atoms with Crippen molar-refractivity contribution in [1.82, 2.24) is 0 Å². The molecule has 1 heterocycles. The van der Waals surface area contributed by atoms with Gasteiger partial charge in [-0.2, -0.15) is 0 Å². The fraction of sp³-hybridized carbons (Fsp3) is 0.550. The van der Waals surface area contributed by atoms with Gasteiger partial charge in [-0.15, -0.1) is 6.58 Å². The molecule has 0 unspecified atom stereocenters. The van der Waals surface area contributed by atoms with Gasteiger partial charge in [-0.25, -0.2) is 0 Å². The number of hydrogen-bond acceptors (Lipinski definition) is 3. The number of cyclic esters (lactones) is 1. The van der Waals surface area contributed by atoms with E-state index in [1.807, 2.05) is 19.9 Å². The molecule has 0 aromatic rings. The largest absolute Gasteiger partial charge is 0.453 e. The second-order valence-corrected chi connectivity index (χ2v) is 6.80. The van der Waals surface area contributed by atoms with Gasteiger partial charge in [0.15, 0.2) is 0 Å². The van der Waals surface area contributed by atoms with Gasteiger partial charge in [0.1, 0.15) is 6.10 Å². The minimum Gasteiger partial charge on any atom is -0.453 e. The standard InChI is InChI=1S/C20H30O3/c1-6-20(5,22)12-8-10-16(4)9-7-11-17-14-19(21)23-18(17)13-15(2)3/h6,10-11,13,18,22H,1,7-9,12,14H2,2-5H3/b16-10-,17-11-/t18-,20+/m0/s1. The summed E-state index contributed by atoms with van der Waals surface area (Å²) in [5, 5.41) is 9.87. The highest BCUT2D eigenvalue weighted by Gasteiger charge is 2.26. The molecule has 0 amide bonds. The second kappa shape index (κ2) is 8.88. The Morgan fingerprint density at radius 2 is 2.09 bits per heavy atom. The van der Waals surface area contributed by atoms with Gasteiger partial charge in [0.05, 0.1) is 12.0 Å². The molecule has 23 heavy (non-hydrogen) atoms. The number of carbonyl (C=O) groups is 1. The molecule has 0 aromatic carbocycles. The maximum Gasteiger partial charge on any atom is 0.310 e. The van der Waals surface area contributed by atoms with Gasteiger partial charge in [0, 0.05) is 0 Å². The Bertz CT molecular complexity index is 517. The first-order valence-corrected chi connectivity index (χ1v) is 8.28. The number of aliphatic hydroxyl groups is 1. The van der Waals surface area contributed by atoms with Crippen molar-refractivity contribution in [2.24, 2.45) is 0 Å². The Morgan fingerprint density at radius 1 is 1.39 bits per heavy atom. The van der Waals surface area contributed by atoms with Crippen LogP contribution in [0.3, 0.4) is 0 Å². The third-order valence-electron chi connectivity index (χ3n) is 3.99. The summed E-state index contributed by atoms with van der Waals surface area (Å²) < 4.78 is 5.32. The molecule has 1 fully saturated rings. The molecule has 0 bridgehead atoms. The van der Waals surface area contributed by atoms with E-state index >= 15 is 0 Å². The van der Waals surface area contributed by atoms with Crippen molar-refractivity contribution in [3.63, 3.8) is 0 Å². The van der Waals surface area contributed by atoms with Gasteiger partial charge < -0.3 is 9.84 Å². The molecule has 0 spiro atoms. The van der Waals surface area contributed by atoms with Crippen molar-refractivity contribution in [2.75, 3.05) is 0 Å². The number of rotatable bonds is 8. The number of esters is 1. The Hall–Kier alpha value is -1.61. The molecule has 3 nitrogen and oxygen atoms in total. The zero-order valence-corrected chi connectivity index (χ0v) is 14.9. The lowest BCUT2D eigenvalue weighted by Crippen LogP contribution is -2.19. The van der Waals surface area contributed by atoms with E-state index in [9.17, 15) is 9.90 Å². The lowest BCUT2D eigenvalue weighted by Gasteiger charge is -2.16. The third kappa shape index (κ3) is 7.47. The number of allylic oxidation sites excluding steroid dienone is 4. The highest BCUT2D eigenvalue weighted by Crippen LogP contribution is 2.24. The van der Waals surface area contributed by atoms with Crippen LogP contribution >= 0.6 is 0 Å². The molecular weight excluding hydrogens is 288 g/mol. The molecule has 0 saturated carbocycles. The van der Waals surface area contributed by atoms with E-state index in [2.05, 4.69) is 25.7 Å². The minimum atomic E-state index is -0.794. The van der Waals surface area contributed by atoms with E-state index in [1.165, 1.54) is 5.57 Å². The van der Waals surface area contributed by atoms with Crippen molar-refractivity contribution in [3.05, 3.63) is 47.6 Å². The van der Waals surface area contributed by atoms with Gasteiger partial charge in [-0.05, 0) is 65.0 Å². The van der Waals surface area contributed by atoms with Crippen molar-refractivity contribution in [2.45, 2.75) is 71.5 Å². The number of ether oxygens (including phenoxy) is 1. The summed E-state index contributed by atoms with van der Waals surface area (Å²) in [6.45, 7) is 11.5. The van der Waals surface area contributed by atoms with Crippen LogP contribution in [-0.4, -0.2) is 22.8 Å². The van der Waals surface area contributed by atoms with E-state index < -0.39 is 5.60 Å². The summed E-state index contributed by atoms with van der Waals surface area (Å²) in [4.78, 5) is 11.5. The molecule has 1 rings (SSSR count). The van der Waals surface area contributed by atoms with Crippen LogP contribution in [0.2, 0.25) is 0 Å². The fourth-order valence-electron chi connectivity index (χ4n) is 2.46. The van der Waals surface area contributed by atoms with Gasteiger partial charge in [0.25, 0.3) is 0 Å². The van der Waals surface area contributed by atoms with Crippen LogP contribution in [0, 0.1) is 0 Å². The Balaban J connectivity index is 2.49. The normalized spacial score (nSPS) is 22.7. The summed E-state index contributed by atoms with van der Waals surface area (Å²) in [5.41, 5.74) is 2.72. The molecule has 1 aliphatic heterocycles. The quantitative estimate of drug-likeness (QED) is 0.524. The molecule has 0 aromatic heterocycles. The van der Waals surface area contributed by atoms with E-state index in [-0.39, 0.29) is 12.1 Å². The van der Waals surface area contributed by atoms with Gasteiger partial charge in [0.2, 0.25) is 0 Å². The Morgan fingerprint density at radius 3 is 2.70 bits per heavy atom. The van der Waals surface area contributed by atoms with Crippen LogP contribution in [0.1, 0.15) is 59.8 Å². The van der Waals surface area contributed by atoms with Crippen LogP contribution < -0.4 is 0 Å².